The first-order chi connectivity index (χ1) is 14.4. The Morgan fingerprint density at radius 1 is 0.933 bits per heavy atom. The SMILES string of the molecule is Cc1ccc(-c2nc(C(=O)Nc3cccc(C)c3C)nn2-c2ccc(Br)cc2)cc1. The van der Waals surface area contributed by atoms with Crippen LogP contribution < -0.4 is 5.32 Å². The molecule has 150 valence electrons. The van der Waals surface area contributed by atoms with Gasteiger partial charge in [-0.3, -0.25) is 4.79 Å². The average molecular weight is 461 g/mol. The van der Waals surface area contributed by atoms with Gasteiger partial charge in [0.15, 0.2) is 5.82 Å². The highest BCUT2D eigenvalue weighted by Crippen LogP contribution is 2.24. The van der Waals surface area contributed by atoms with Crippen molar-refractivity contribution < 1.29 is 4.79 Å². The number of aromatic nitrogens is 3. The summed E-state index contributed by atoms with van der Waals surface area (Å²) in [5.41, 5.74) is 5.77. The summed E-state index contributed by atoms with van der Waals surface area (Å²) < 4.78 is 2.67. The van der Waals surface area contributed by atoms with Crippen LogP contribution in [0.5, 0.6) is 0 Å². The fourth-order valence-electron chi connectivity index (χ4n) is 3.12. The summed E-state index contributed by atoms with van der Waals surface area (Å²) in [4.78, 5) is 17.5. The van der Waals surface area contributed by atoms with Crippen molar-refractivity contribution in [1.82, 2.24) is 14.8 Å². The first-order valence-electron chi connectivity index (χ1n) is 9.60. The van der Waals surface area contributed by atoms with Crippen molar-refractivity contribution in [2.75, 3.05) is 5.32 Å². The maximum absolute atomic E-state index is 13.0. The van der Waals surface area contributed by atoms with Crippen LogP contribution in [0.25, 0.3) is 17.1 Å². The number of benzene rings is 3. The van der Waals surface area contributed by atoms with Crippen molar-refractivity contribution in [2.24, 2.45) is 0 Å². The van der Waals surface area contributed by atoms with Crippen LogP contribution in [0.1, 0.15) is 27.3 Å². The van der Waals surface area contributed by atoms with E-state index in [1.807, 2.05) is 87.5 Å². The van der Waals surface area contributed by atoms with Crippen molar-refractivity contribution in [1.29, 1.82) is 0 Å². The molecule has 30 heavy (non-hydrogen) atoms. The third-order valence-corrected chi connectivity index (χ3v) is 5.57. The second-order valence-corrected chi connectivity index (χ2v) is 8.13. The molecule has 0 spiro atoms. The minimum atomic E-state index is -0.340. The summed E-state index contributed by atoms with van der Waals surface area (Å²) in [7, 11) is 0. The Hall–Kier alpha value is -3.25. The lowest BCUT2D eigenvalue weighted by Crippen LogP contribution is -2.15. The highest BCUT2D eigenvalue weighted by Gasteiger charge is 2.19. The number of carbonyl (C=O) groups excluding carboxylic acids is 1. The Morgan fingerprint density at radius 2 is 1.63 bits per heavy atom. The standard InChI is InChI=1S/C24H21BrN4O/c1-15-7-9-18(10-8-15)23-27-22(28-29(23)20-13-11-19(25)12-14-20)24(30)26-21-6-4-5-16(2)17(21)3/h4-14H,1-3H3,(H,26,30). The molecule has 0 saturated carbocycles. The van der Waals surface area contributed by atoms with E-state index < -0.39 is 0 Å². The molecule has 0 aliphatic carbocycles. The van der Waals surface area contributed by atoms with Gasteiger partial charge in [-0.1, -0.05) is 57.9 Å². The number of hydrogen-bond donors (Lipinski definition) is 1. The van der Waals surface area contributed by atoms with E-state index in [2.05, 4.69) is 31.3 Å². The Balaban J connectivity index is 1.76. The molecule has 3 aromatic carbocycles. The van der Waals surface area contributed by atoms with Gasteiger partial charge in [0.05, 0.1) is 5.69 Å². The van der Waals surface area contributed by atoms with Crippen molar-refractivity contribution in [3.63, 3.8) is 0 Å². The third-order valence-electron chi connectivity index (χ3n) is 5.04. The van der Waals surface area contributed by atoms with Gasteiger partial charge in [-0.25, -0.2) is 9.67 Å². The molecule has 0 aliphatic rings. The van der Waals surface area contributed by atoms with Gasteiger partial charge in [0, 0.05) is 15.7 Å². The molecular weight excluding hydrogens is 440 g/mol. The lowest BCUT2D eigenvalue weighted by atomic mass is 10.1. The highest BCUT2D eigenvalue weighted by molar-refractivity contribution is 9.10. The third kappa shape index (κ3) is 4.04. The van der Waals surface area contributed by atoms with Gasteiger partial charge in [0.2, 0.25) is 5.82 Å². The van der Waals surface area contributed by atoms with Crippen LogP contribution >= 0.6 is 15.9 Å². The molecule has 1 amide bonds. The summed E-state index contributed by atoms with van der Waals surface area (Å²) >= 11 is 3.46. The first kappa shape index (κ1) is 20.0. The molecule has 1 aromatic heterocycles. The molecule has 0 atom stereocenters. The number of nitrogens with zero attached hydrogens (tertiary/aromatic N) is 3. The number of rotatable bonds is 4. The first-order valence-corrected chi connectivity index (χ1v) is 10.4. The quantitative estimate of drug-likeness (QED) is 0.413. The van der Waals surface area contributed by atoms with Crippen LogP contribution in [-0.4, -0.2) is 20.7 Å². The number of halogens is 1. The smallest absolute Gasteiger partial charge is 0.295 e. The molecule has 0 fully saturated rings. The van der Waals surface area contributed by atoms with E-state index in [-0.39, 0.29) is 11.7 Å². The normalized spacial score (nSPS) is 10.8. The summed E-state index contributed by atoms with van der Waals surface area (Å²) in [6.07, 6.45) is 0. The molecule has 1 heterocycles. The molecular formula is C24H21BrN4O. The predicted octanol–water partition coefficient (Wildman–Crippen LogP) is 5.87. The van der Waals surface area contributed by atoms with Crippen LogP contribution in [0, 0.1) is 20.8 Å². The van der Waals surface area contributed by atoms with Gasteiger partial charge >= 0.3 is 0 Å². The van der Waals surface area contributed by atoms with Gasteiger partial charge in [-0.15, -0.1) is 5.10 Å². The topological polar surface area (TPSA) is 59.8 Å². The largest absolute Gasteiger partial charge is 0.319 e. The Morgan fingerprint density at radius 3 is 2.33 bits per heavy atom. The molecule has 5 nitrogen and oxygen atoms in total. The molecule has 0 radical (unpaired) electrons. The van der Waals surface area contributed by atoms with Gasteiger partial charge in [-0.05, 0) is 62.2 Å². The Labute approximate surface area is 183 Å². The zero-order chi connectivity index (χ0) is 21.3. The van der Waals surface area contributed by atoms with E-state index >= 15 is 0 Å². The minimum absolute atomic E-state index is 0.120. The second-order valence-electron chi connectivity index (χ2n) is 7.21. The van der Waals surface area contributed by atoms with E-state index in [1.165, 1.54) is 0 Å². The molecule has 0 saturated heterocycles. The second kappa shape index (κ2) is 8.24. The summed E-state index contributed by atoms with van der Waals surface area (Å²) in [5, 5.41) is 7.48. The number of carbonyl (C=O) groups is 1. The minimum Gasteiger partial charge on any atom is -0.319 e. The molecule has 4 rings (SSSR count). The van der Waals surface area contributed by atoms with E-state index in [0.717, 1.165) is 38.1 Å². The summed E-state index contributed by atoms with van der Waals surface area (Å²) in [5.74, 6) is 0.394. The van der Waals surface area contributed by atoms with E-state index in [0.29, 0.717) is 5.82 Å². The number of hydrogen-bond acceptors (Lipinski definition) is 3. The molecule has 6 heteroatoms. The van der Waals surface area contributed by atoms with Crippen molar-refractivity contribution in [3.05, 3.63) is 93.7 Å². The van der Waals surface area contributed by atoms with Crippen molar-refractivity contribution in [2.45, 2.75) is 20.8 Å². The van der Waals surface area contributed by atoms with Gasteiger partial charge in [0.25, 0.3) is 5.91 Å². The lowest BCUT2D eigenvalue weighted by molar-refractivity contribution is 0.101. The van der Waals surface area contributed by atoms with Crippen molar-refractivity contribution in [3.8, 4) is 17.1 Å². The zero-order valence-corrected chi connectivity index (χ0v) is 18.6. The highest BCUT2D eigenvalue weighted by atomic mass is 79.9. The number of anilines is 1. The summed E-state index contributed by atoms with van der Waals surface area (Å²) in [6, 6.07) is 21.6. The molecule has 4 aromatic rings. The van der Waals surface area contributed by atoms with Gasteiger partial charge in [0.1, 0.15) is 0 Å². The molecule has 0 aliphatic heterocycles. The number of amides is 1. The van der Waals surface area contributed by atoms with Crippen LogP contribution in [0.3, 0.4) is 0 Å². The number of nitrogens with one attached hydrogen (secondary N) is 1. The van der Waals surface area contributed by atoms with Gasteiger partial charge in [-0.2, -0.15) is 0 Å². The average Bonchev–Trinajstić information content (AvgIpc) is 3.18. The maximum atomic E-state index is 13.0. The van der Waals surface area contributed by atoms with Crippen LogP contribution in [0.15, 0.2) is 71.2 Å². The maximum Gasteiger partial charge on any atom is 0.295 e. The van der Waals surface area contributed by atoms with Gasteiger partial charge < -0.3 is 5.32 Å². The van der Waals surface area contributed by atoms with E-state index in [9.17, 15) is 4.79 Å². The fraction of sp³-hybridized carbons (Fsp3) is 0.125. The van der Waals surface area contributed by atoms with Crippen LogP contribution in [-0.2, 0) is 0 Å². The predicted molar refractivity (Wildman–Crippen MR) is 123 cm³/mol. The molecule has 0 bridgehead atoms. The summed E-state index contributed by atoms with van der Waals surface area (Å²) in [6.45, 7) is 6.03. The zero-order valence-electron chi connectivity index (χ0n) is 17.0. The fourth-order valence-corrected chi connectivity index (χ4v) is 3.39. The Bertz CT molecular complexity index is 1150. The Kier molecular flexibility index (Phi) is 5.50. The molecule has 1 N–H and O–H groups in total. The van der Waals surface area contributed by atoms with Crippen molar-refractivity contribution >= 4 is 27.5 Å². The van der Waals surface area contributed by atoms with E-state index in [4.69, 9.17) is 0 Å². The number of aryl methyl sites for hydroxylation is 2. The van der Waals surface area contributed by atoms with E-state index in [1.54, 1.807) is 4.68 Å². The monoisotopic (exact) mass is 460 g/mol. The lowest BCUT2D eigenvalue weighted by Gasteiger charge is -2.08. The van der Waals surface area contributed by atoms with Crippen LogP contribution in [0.4, 0.5) is 5.69 Å². The molecule has 0 unspecified atom stereocenters. The van der Waals surface area contributed by atoms with Crippen LogP contribution in [0.2, 0.25) is 0 Å².